The minimum atomic E-state index is -0.525. The first-order valence-corrected chi connectivity index (χ1v) is 13.1. The SMILES string of the molecule is CCC(=O)c1c(C2CCN(C(=O)CO)CC2)nc2c(/C(N)=C/N=C(CC)c3ccc(CO)cc3)cnn2c1N. The Hall–Kier alpha value is -4.09. The molecular formula is C28H35N7O4. The maximum absolute atomic E-state index is 13.0. The van der Waals surface area contributed by atoms with Crippen molar-refractivity contribution < 1.29 is 19.8 Å². The number of nitrogens with two attached hydrogens (primary N) is 2. The van der Waals surface area contributed by atoms with Crippen LogP contribution in [0.25, 0.3) is 11.3 Å². The predicted molar refractivity (Wildman–Crippen MR) is 149 cm³/mol. The van der Waals surface area contributed by atoms with Gasteiger partial charge >= 0.3 is 0 Å². The Morgan fingerprint density at radius 1 is 1.13 bits per heavy atom. The first-order valence-electron chi connectivity index (χ1n) is 13.1. The second-order valence-electron chi connectivity index (χ2n) is 9.51. The molecule has 206 valence electrons. The van der Waals surface area contributed by atoms with E-state index in [4.69, 9.17) is 16.5 Å². The van der Waals surface area contributed by atoms with Crippen LogP contribution in [0.3, 0.4) is 0 Å². The summed E-state index contributed by atoms with van der Waals surface area (Å²) < 4.78 is 1.44. The highest BCUT2D eigenvalue weighted by molar-refractivity contribution is 6.02. The van der Waals surface area contributed by atoms with E-state index in [-0.39, 0.29) is 36.5 Å². The van der Waals surface area contributed by atoms with E-state index < -0.39 is 6.61 Å². The number of aliphatic hydroxyl groups is 2. The molecule has 39 heavy (non-hydrogen) atoms. The van der Waals surface area contributed by atoms with E-state index in [0.717, 1.165) is 16.8 Å². The summed E-state index contributed by atoms with van der Waals surface area (Å²) >= 11 is 0. The van der Waals surface area contributed by atoms with Crippen molar-refractivity contribution in [3.8, 4) is 0 Å². The van der Waals surface area contributed by atoms with E-state index in [1.807, 2.05) is 31.2 Å². The van der Waals surface area contributed by atoms with Crippen LogP contribution in [0.4, 0.5) is 5.82 Å². The number of aromatic nitrogens is 3. The van der Waals surface area contributed by atoms with E-state index in [0.29, 0.717) is 60.5 Å². The van der Waals surface area contributed by atoms with Crippen LogP contribution in [0.2, 0.25) is 0 Å². The van der Waals surface area contributed by atoms with E-state index in [9.17, 15) is 19.8 Å². The van der Waals surface area contributed by atoms with Gasteiger partial charge in [0.25, 0.3) is 0 Å². The molecule has 1 fully saturated rings. The fraction of sp³-hybridized carbons (Fsp3) is 0.393. The largest absolute Gasteiger partial charge is 0.397 e. The fourth-order valence-corrected chi connectivity index (χ4v) is 4.89. The van der Waals surface area contributed by atoms with Gasteiger partial charge in [0.05, 0.1) is 41.5 Å². The zero-order chi connectivity index (χ0) is 28.1. The van der Waals surface area contributed by atoms with Crippen LogP contribution in [0, 0.1) is 0 Å². The van der Waals surface area contributed by atoms with Crippen LogP contribution < -0.4 is 11.5 Å². The number of aliphatic imine (C=N–C) groups is 1. The number of carbonyl (C=O) groups is 2. The quantitative estimate of drug-likeness (QED) is 0.239. The molecule has 1 aliphatic rings. The number of ketones is 1. The van der Waals surface area contributed by atoms with Crippen LogP contribution in [0.15, 0.2) is 41.7 Å². The van der Waals surface area contributed by atoms with Crippen molar-refractivity contribution in [2.24, 2.45) is 10.7 Å². The van der Waals surface area contributed by atoms with Gasteiger partial charge in [-0.05, 0) is 30.4 Å². The number of Topliss-reactive ketones (excluding diaryl/α,β-unsaturated/α-hetero) is 1. The first-order chi connectivity index (χ1) is 18.8. The molecule has 4 rings (SSSR count). The Morgan fingerprint density at radius 2 is 1.82 bits per heavy atom. The summed E-state index contributed by atoms with van der Waals surface area (Å²) in [5, 5.41) is 22.9. The molecule has 0 saturated carbocycles. The highest BCUT2D eigenvalue weighted by Gasteiger charge is 2.30. The number of fused-ring (bicyclic) bond motifs is 1. The number of rotatable bonds is 9. The molecule has 1 aromatic carbocycles. The second kappa shape index (κ2) is 12.2. The molecule has 0 atom stereocenters. The zero-order valence-corrected chi connectivity index (χ0v) is 22.3. The average Bonchev–Trinajstić information content (AvgIpc) is 3.41. The lowest BCUT2D eigenvalue weighted by Crippen LogP contribution is -2.39. The number of amides is 1. The smallest absolute Gasteiger partial charge is 0.248 e. The maximum Gasteiger partial charge on any atom is 0.248 e. The van der Waals surface area contributed by atoms with Crippen molar-refractivity contribution in [3.63, 3.8) is 0 Å². The summed E-state index contributed by atoms with van der Waals surface area (Å²) in [6, 6.07) is 7.53. The number of likely N-dealkylation sites (tertiary alicyclic amines) is 1. The molecule has 11 heteroatoms. The Balaban J connectivity index is 1.73. The number of benzene rings is 1. The van der Waals surface area contributed by atoms with E-state index in [1.165, 1.54) is 4.52 Å². The lowest BCUT2D eigenvalue weighted by molar-refractivity contribution is -0.135. The Morgan fingerprint density at radius 3 is 2.41 bits per heavy atom. The van der Waals surface area contributed by atoms with E-state index in [1.54, 1.807) is 24.2 Å². The molecule has 1 saturated heterocycles. The minimum Gasteiger partial charge on any atom is -0.397 e. The maximum atomic E-state index is 13.0. The molecule has 0 bridgehead atoms. The summed E-state index contributed by atoms with van der Waals surface area (Å²) in [7, 11) is 0. The molecule has 2 aromatic heterocycles. The minimum absolute atomic E-state index is 0.0238. The monoisotopic (exact) mass is 533 g/mol. The third kappa shape index (κ3) is 5.69. The molecule has 3 aromatic rings. The molecule has 6 N–H and O–H groups in total. The topological polar surface area (TPSA) is 172 Å². The number of carbonyl (C=O) groups excluding carboxylic acids is 2. The van der Waals surface area contributed by atoms with Crippen LogP contribution in [0.1, 0.15) is 78.2 Å². The van der Waals surface area contributed by atoms with Crippen molar-refractivity contribution in [3.05, 3.63) is 64.6 Å². The van der Waals surface area contributed by atoms with Crippen molar-refractivity contribution >= 4 is 34.6 Å². The number of hydrogen-bond acceptors (Lipinski definition) is 9. The first kappa shape index (κ1) is 27.9. The number of piperidine rings is 1. The van der Waals surface area contributed by atoms with Gasteiger partial charge in [-0.3, -0.25) is 14.6 Å². The third-order valence-corrected chi connectivity index (χ3v) is 7.16. The van der Waals surface area contributed by atoms with Crippen molar-refractivity contribution in [2.45, 2.75) is 52.1 Å². The van der Waals surface area contributed by atoms with Gasteiger partial charge in [0.1, 0.15) is 12.4 Å². The van der Waals surface area contributed by atoms with Gasteiger partial charge in [-0.15, -0.1) is 0 Å². The average molecular weight is 534 g/mol. The molecule has 11 nitrogen and oxygen atoms in total. The van der Waals surface area contributed by atoms with Gasteiger partial charge in [0.15, 0.2) is 11.4 Å². The van der Waals surface area contributed by atoms with Crippen LogP contribution in [-0.4, -0.2) is 66.8 Å². The van der Waals surface area contributed by atoms with Crippen molar-refractivity contribution in [2.75, 3.05) is 25.4 Å². The molecule has 0 unspecified atom stereocenters. The molecule has 0 radical (unpaired) electrons. The second-order valence-corrected chi connectivity index (χ2v) is 9.51. The Kier molecular flexibility index (Phi) is 8.72. The van der Waals surface area contributed by atoms with Crippen LogP contribution in [0.5, 0.6) is 0 Å². The number of anilines is 1. The standard InChI is InChI=1S/C28H35N7O4/c1-3-22(18-7-5-17(15-36)6-8-18)31-14-21(29)20-13-32-35-27(30)25(23(38)4-2)26(33-28(20)35)19-9-11-34(12-10-19)24(39)16-37/h5-8,13-14,19,36-37H,3-4,9-12,15-16,29-30H2,1-2H3/b21-14-,31-22?. The number of nitrogens with zero attached hydrogens (tertiary/aromatic N) is 5. The van der Waals surface area contributed by atoms with Crippen LogP contribution in [-0.2, 0) is 11.4 Å². The van der Waals surface area contributed by atoms with Gasteiger partial charge in [-0.1, -0.05) is 38.1 Å². The molecular weight excluding hydrogens is 498 g/mol. The fourth-order valence-electron chi connectivity index (χ4n) is 4.89. The summed E-state index contributed by atoms with van der Waals surface area (Å²) in [5.41, 5.74) is 17.8. The van der Waals surface area contributed by atoms with Gasteiger partial charge in [0.2, 0.25) is 5.91 Å². The molecule has 1 aliphatic heterocycles. The summed E-state index contributed by atoms with van der Waals surface area (Å²) in [6.45, 7) is 4.13. The van der Waals surface area contributed by atoms with E-state index >= 15 is 0 Å². The van der Waals surface area contributed by atoms with Gasteiger partial charge in [0, 0.05) is 31.1 Å². The van der Waals surface area contributed by atoms with Crippen molar-refractivity contribution in [1.29, 1.82) is 0 Å². The number of hydrogen-bond donors (Lipinski definition) is 4. The van der Waals surface area contributed by atoms with Crippen LogP contribution >= 0.6 is 0 Å². The molecule has 0 aliphatic carbocycles. The third-order valence-electron chi connectivity index (χ3n) is 7.16. The van der Waals surface area contributed by atoms with Gasteiger partial charge in [-0.2, -0.15) is 9.61 Å². The number of aliphatic hydroxyl groups excluding tert-OH is 2. The molecule has 3 heterocycles. The lowest BCUT2D eigenvalue weighted by atomic mass is 9.89. The predicted octanol–water partition coefficient (Wildman–Crippen LogP) is 2.25. The molecule has 1 amide bonds. The normalized spacial score (nSPS) is 15.2. The Bertz CT molecular complexity index is 1420. The molecule has 0 spiro atoms. The summed E-state index contributed by atoms with van der Waals surface area (Å²) in [5.74, 6) is -0.328. The van der Waals surface area contributed by atoms with Crippen molar-refractivity contribution in [1.82, 2.24) is 19.5 Å². The van der Waals surface area contributed by atoms with E-state index in [2.05, 4.69) is 10.1 Å². The highest BCUT2D eigenvalue weighted by atomic mass is 16.3. The number of nitrogen functional groups attached to an aromatic ring is 1. The lowest BCUT2D eigenvalue weighted by Gasteiger charge is -2.32. The van der Waals surface area contributed by atoms with Gasteiger partial charge in [-0.25, -0.2) is 4.98 Å². The summed E-state index contributed by atoms with van der Waals surface area (Å²) in [4.78, 5) is 36.0. The van der Waals surface area contributed by atoms with Gasteiger partial charge < -0.3 is 26.6 Å². The highest BCUT2D eigenvalue weighted by Crippen LogP contribution is 2.34. The summed E-state index contributed by atoms with van der Waals surface area (Å²) in [6.07, 6.45) is 5.24. The Labute approximate surface area is 226 Å². The zero-order valence-electron chi connectivity index (χ0n) is 22.3.